The number of aromatic nitrogens is 1. The molecule has 2 rings (SSSR count). The van der Waals surface area contributed by atoms with Gasteiger partial charge in [-0.15, -0.1) is 0 Å². The maximum Gasteiger partial charge on any atom is 0.319 e. The number of pyridine rings is 1. The molecule has 1 aromatic heterocycles. The number of anilines is 1. The number of benzene rings is 1. The quantitative estimate of drug-likeness (QED) is 0.791. The van der Waals surface area contributed by atoms with Gasteiger partial charge in [0.05, 0.1) is 4.90 Å². The van der Waals surface area contributed by atoms with Crippen molar-refractivity contribution in [3.8, 4) is 0 Å². The standard InChI is InChI=1S/C17H22N4O3S/c1-3-21(4-2)25(23,24)16-7-5-15(6-8-16)20-17(22)19-13-14-9-11-18-12-10-14/h5-12H,3-4,13H2,1-2H3,(H2,19,20,22). The van der Waals surface area contributed by atoms with Gasteiger partial charge in [0.15, 0.2) is 0 Å². The van der Waals surface area contributed by atoms with E-state index in [0.29, 0.717) is 25.3 Å². The highest BCUT2D eigenvalue weighted by Gasteiger charge is 2.21. The lowest BCUT2D eigenvalue weighted by atomic mass is 10.3. The molecule has 2 N–H and O–H groups in total. The minimum atomic E-state index is -3.49. The minimum absolute atomic E-state index is 0.207. The molecule has 0 unspecified atom stereocenters. The first kappa shape index (κ1) is 18.9. The number of sulfonamides is 1. The third-order valence-corrected chi connectivity index (χ3v) is 5.72. The zero-order valence-electron chi connectivity index (χ0n) is 14.3. The minimum Gasteiger partial charge on any atom is -0.334 e. The zero-order chi connectivity index (χ0) is 18.3. The van der Waals surface area contributed by atoms with Crippen molar-refractivity contribution in [3.63, 3.8) is 0 Å². The van der Waals surface area contributed by atoms with Crippen molar-refractivity contribution in [2.45, 2.75) is 25.3 Å². The normalized spacial score (nSPS) is 11.3. The van der Waals surface area contributed by atoms with Gasteiger partial charge < -0.3 is 10.6 Å². The third-order valence-electron chi connectivity index (χ3n) is 3.66. The largest absolute Gasteiger partial charge is 0.334 e. The maximum atomic E-state index is 12.4. The zero-order valence-corrected chi connectivity index (χ0v) is 15.1. The van der Waals surface area contributed by atoms with Gasteiger partial charge in [0.1, 0.15) is 0 Å². The van der Waals surface area contributed by atoms with Gasteiger partial charge in [-0.3, -0.25) is 4.98 Å². The van der Waals surface area contributed by atoms with Gasteiger partial charge >= 0.3 is 6.03 Å². The molecule has 2 aromatic rings. The van der Waals surface area contributed by atoms with Crippen LogP contribution in [0.25, 0.3) is 0 Å². The molecule has 134 valence electrons. The van der Waals surface area contributed by atoms with Gasteiger partial charge in [-0.1, -0.05) is 13.8 Å². The van der Waals surface area contributed by atoms with Crippen LogP contribution in [-0.4, -0.2) is 36.8 Å². The average molecular weight is 362 g/mol. The van der Waals surface area contributed by atoms with Crippen LogP contribution in [0, 0.1) is 0 Å². The number of urea groups is 1. The van der Waals surface area contributed by atoms with E-state index < -0.39 is 10.0 Å². The summed E-state index contributed by atoms with van der Waals surface area (Å²) in [6, 6.07) is 9.39. The summed E-state index contributed by atoms with van der Waals surface area (Å²) in [5, 5.41) is 5.40. The summed E-state index contributed by atoms with van der Waals surface area (Å²) >= 11 is 0. The fourth-order valence-electron chi connectivity index (χ4n) is 2.28. The van der Waals surface area contributed by atoms with E-state index in [1.807, 2.05) is 12.1 Å². The molecule has 0 atom stereocenters. The molecule has 25 heavy (non-hydrogen) atoms. The fourth-order valence-corrected chi connectivity index (χ4v) is 3.74. The van der Waals surface area contributed by atoms with Gasteiger partial charge in [-0.2, -0.15) is 4.31 Å². The van der Waals surface area contributed by atoms with E-state index in [2.05, 4.69) is 15.6 Å². The number of rotatable bonds is 7. The number of carbonyl (C=O) groups is 1. The summed E-state index contributed by atoms with van der Waals surface area (Å²) in [4.78, 5) is 16.0. The number of hydrogen-bond acceptors (Lipinski definition) is 4. The molecule has 0 aliphatic heterocycles. The Bertz CT molecular complexity index is 788. The molecule has 0 aliphatic rings. The van der Waals surface area contributed by atoms with Crippen LogP contribution in [0.1, 0.15) is 19.4 Å². The number of amides is 2. The average Bonchev–Trinajstić information content (AvgIpc) is 2.62. The summed E-state index contributed by atoms with van der Waals surface area (Å²) in [6.45, 7) is 4.80. The van der Waals surface area contributed by atoms with Gasteiger partial charge in [-0.05, 0) is 42.0 Å². The molecule has 0 spiro atoms. The van der Waals surface area contributed by atoms with Crippen molar-refractivity contribution in [1.29, 1.82) is 0 Å². The van der Waals surface area contributed by atoms with Crippen molar-refractivity contribution in [3.05, 3.63) is 54.4 Å². The highest BCUT2D eigenvalue weighted by atomic mass is 32.2. The molecule has 0 radical (unpaired) electrons. The second-order valence-corrected chi connectivity index (χ2v) is 7.21. The van der Waals surface area contributed by atoms with Crippen LogP contribution >= 0.6 is 0 Å². The Labute approximate surface area is 148 Å². The summed E-state index contributed by atoms with van der Waals surface area (Å²) in [6.07, 6.45) is 3.31. The first-order chi connectivity index (χ1) is 12.0. The molecule has 8 heteroatoms. The Kier molecular flexibility index (Phi) is 6.49. The van der Waals surface area contributed by atoms with Crippen molar-refractivity contribution in [2.75, 3.05) is 18.4 Å². The number of nitrogens with zero attached hydrogens (tertiary/aromatic N) is 2. The number of carbonyl (C=O) groups excluding carboxylic acids is 1. The van der Waals surface area contributed by atoms with Crippen molar-refractivity contribution >= 4 is 21.7 Å². The van der Waals surface area contributed by atoms with Crippen LogP contribution in [0.2, 0.25) is 0 Å². The summed E-state index contributed by atoms with van der Waals surface area (Å²) < 4.78 is 26.2. The Hall–Kier alpha value is -2.45. The highest BCUT2D eigenvalue weighted by Crippen LogP contribution is 2.18. The van der Waals surface area contributed by atoms with Crippen molar-refractivity contribution in [1.82, 2.24) is 14.6 Å². The molecule has 7 nitrogen and oxygen atoms in total. The van der Waals surface area contributed by atoms with Gasteiger partial charge in [0.2, 0.25) is 10.0 Å². The first-order valence-corrected chi connectivity index (χ1v) is 9.45. The van der Waals surface area contributed by atoms with E-state index in [-0.39, 0.29) is 10.9 Å². The molecular weight excluding hydrogens is 340 g/mol. The SMILES string of the molecule is CCN(CC)S(=O)(=O)c1ccc(NC(=O)NCc2ccncc2)cc1. The topological polar surface area (TPSA) is 91.4 Å². The second-order valence-electron chi connectivity index (χ2n) is 5.28. The Morgan fingerprint density at radius 1 is 1.04 bits per heavy atom. The molecule has 2 amide bonds. The summed E-state index contributed by atoms with van der Waals surface area (Å²) in [7, 11) is -3.49. The van der Waals surface area contributed by atoms with E-state index in [1.165, 1.54) is 16.4 Å². The Balaban J connectivity index is 1.97. The van der Waals surface area contributed by atoms with E-state index in [9.17, 15) is 13.2 Å². The van der Waals surface area contributed by atoms with Gasteiger partial charge in [-0.25, -0.2) is 13.2 Å². The molecule has 0 aliphatic carbocycles. The molecule has 0 fully saturated rings. The van der Waals surface area contributed by atoms with Gasteiger partial charge in [0.25, 0.3) is 0 Å². The molecule has 1 aromatic carbocycles. The van der Waals surface area contributed by atoms with E-state index in [4.69, 9.17) is 0 Å². The van der Waals surface area contributed by atoms with E-state index >= 15 is 0 Å². The predicted molar refractivity (Wildman–Crippen MR) is 96.6 cm³/mol. The molecule has 0 bridgehead atoms. The maximum absolute atomic E-state index is 12.4. The third kappa shape index (κ3) is 5.01. The van der Waals surface area contributed by atoms with Crippen LogP contribution in [0.15, 0.2) is 53.7 Å². The Morgan fingerprint density at radius 2 is 1.64 bits per heavy atom. The lowest BCUT2D eigenvalue weighted by Gasteiger charge is -2.18. The van der Waals surface area contributed by atoms with Crippen molar-refractivity contribution in [2.24, 2.45) is 0 Å². The monoisotopic (exact) mass is 362 g/mol. The van der Waals surface area contributed by atoms with E-state index in [0.717, 1.165) is 5.56 Å². The second kappa shape index (κ2) is 8.59. The molecule has 0 saturated carbocycles. The predicted octanol–water partition coefficient (Wildman–Crippen LogP) is 2.43. The van der Waals surface area contributed by atoms with Crippen LogP contribution < -0.4 is 10.6 Å². The molecule has 0 saturated heterocycles. The number of nitrogens with one attached hydrogen (secondary N) is 2. The lowest BCUT2D eigenvalue weighted by molar-refractivity contribution is 0.251. The van der Waals surface area contributed by atoms with Crippen LogP contribution in [0.5, 0.6) is 0 Å². The number of hydrogen-bond donors (Lipinski definition) is 2. The summed E-state index contributed by atoms with van der Waals surface area (Å²) in [5.74, 6) is 0. The van der Waals surface area contributed by atoms with Crippen LogP contribution in [-0.2, 0) is 16.6 Å². The smallest absolute Gasteiger partial charge is 0.319 e. The van der Waals surface area contributed by atoms with E-state index in [1.54, 1.807) is 38.4 Å². The first-order valence-electron chi connectivity index (χ1n) is 8.01. The molecular formula is C17H22N4O3S. The van der Waals surface area contributed by atoms with Crippen LogP contribution in [0.3, 0.4) is 0 Å². The summed E-state index contributed by atoms with van der Waals surface area (Å²) in [5.41, 5.74) is 1.46. The van der Waals surface area contributed by atoms with Crippen LogP contribution in [0.4, 0.5) is 10.5 Å². The lowest BCUT2D eigenvalue weighted by Crippen LogP contribution is -2.30. The Morgan fingerprint density at radius 3 is 2.20 bits per heavy atom. The fraction of sp³-hybridized carbons (Fsp3) is 0.294. The van der Waals surface area contributed by atoms with Gasteiger partial charge in [0, 0.05) is 37.7 Å². The highest BCUT2D eigenvalue weighted by molar-refractivity contribution is 7.89. The van der Waals surface area contributed by atoms with Crippen molar-refractivity contribution < 1.29 is 13.2 Å². The molecule has 1 heterocycles.